The van der Waals surface area contributed by atoms with Crippen molar-refractivity contribution in [2.45, 2.75) is 178 Å². The summed E-state index contributed by atoms with van der Waals surface area (Å²) in [6.07, 6.45) is 21.7. The normalized spacial score (nSPS) is 13.8. The highest BCUT2D eigenvalue weighted by Crippen LogP contribution is 2.46. The van der Waals surface area contributed by atoms with Gasteiger partial charge < -0.3 is 14.8 Å². The Morgan fingerprint density at radius 2 is 1.40 bits per heavy atom. The molecule has 0 heterocycles. The van der Waals surface area contributed by atoms with Crippen molar-refractivity contribution in [1.82, 2.24) is 5.32 Å². The summed E-state index contributed by atoms with van der Waals surface area (Å²) in [5, 5.41) is 3.29. The number of ether oxygens (including phenoxy) is 2. The molecule has 0 aromatic carbocycles. The van der Waals surface area contributed by atoms with Crippen molar-refractivity contribution in [3.63, 3.8) is 0 Å². The van der Waals surface area contributed by atoms with Crippen LogP contribution in [0.1, 0.15) is 172 Å². The molecule has 43 heavy (non-hydrogen) atoms. The van der Waals surface area contributed by atoms with E-state index in [1.165, 1.54) is 25.7 Å². The Kier molecular flexibility index (Phi) is 20.8. The summed E-state index contributed by atoms with van der Waals surface area (Å²) in [4.78, 5) is 13.1. The van der Waals surface area contributed by atoms with Crippen molar-refractivity contribution in [1.29, 1.82) is 0 Å². The van der Waals surface area contributed by atoms with Crippen molar-refractivity contribution >= 4 is 5.97 Å². The van der Waals surface area contributed by atoms with E-state index in [2.05, 4.69) is 93.3 Å². The van der Waals surface area contributed by atoms with E-state index in [0.29, 0.717) is 13.0 Å². The second-order valence-corrected chi connectivity index (χ2v) is 16.2. The fourth-order valence-corrected chi connectivity index (χ4v) is 6.50. The van der Waals surface area contributed by atoms with Gasteiger partial charge in [0.15, 0.2) is 0 Å². The predicted octanol–water partition coefficient (Wildman–Crippen LogP) is 11.6. The standard InChI is InChI=1S/C39H75NO3/c1-13-15-17-18-19-20-21-29-42-33(3)24-22-27-38(8,9)39(10,11)28-23-26-34(25-16-14-2)43-35(41)30-36(4,5)31-37(6,7)32-40-12/h20-21,34,40H,3,13-19,22-32H2,1-2,4-12H3/b21-20-. The van der Waals surface area contributed by atoms with E-state index in [9.17, 15) is 4.79 Å². The fraction of sp³-hybridized carbons (Fsp3) is 0.872. The second kappa shape index (κ2) is 21.4. The van der Waals surface area contributed by atoms with Crippen LogP contribution in [0, 0.1) is 21.7 Å². The number of hydrogen-bond acceptors (Lipinski definition) is 4. The van der Waals surface area contributed by atoms with Crippen LogP contribution in [0.25, 0.3) is 0 Å². The molecule has 1 atom stereocenters. The van der Waals surface area contributed by atoms with Gasteiger partial charge in [0.2, 0.25) is 0 Å². The van der Waals surface area contributed by atoms with Crippen molar-refractivity contribution < 1.29 is 14.3 Å². The molecule has 0 aromatic rings. The van der Waals surface area contributed by atoms with E-state index in [4.69, 9.17) is 9.47 Å². The summed E-state index contributed by atoms with van der Waals surface area (Å²) in [5.41, 5.74) is 0.449. The van der Waals surface area contributed by atoms with E-state index in [1.807, 2.05) is 7.05 Å². The molecule has 0 rings (SSSR count). The molecule has 0 amide bonds. The summed E-state index contributed by atoms with van der Waals surface area (Å²) >= 11 is 0. The summed E-state index contributed by atoms with van der Waals surface area (Å²) < 4.78 is 12.0. The molecular weight excluding hydrogens is 530 g/mol. The molecule has 0 spiro atoms. The van der Waals surface area contributed by atoms with Crippen LogP contribution >= 0.6 is 0 Å². The van der Waals surface area contributed by atoms with Gasteiger partial charge in [-0.3, -0.25) is 4.79 Å². The third-order valence-electron chi connectivity index (χ3n) is 9.61. The zero-order chi connectivity index (χ0) is 33.0. The van der Waals surface area contributed by atoms with Crippen LogP contribution in [0.4, 0.5) is 0 Å². The topological polar surface area (TPSA) is 47.6 Å². The summed E-state index contributed by atoms with van der Waals surface area (Å²) in [5.74, 6) is 0.870. The molecule has 0 bridgehead atoms. The maximum atomic E-state index is 13.1. The molecule has 4 nitrogen and oxygen atoms in total. The highest BCUT2D eigenvalue weighted by molar-refractivity contribution is 5.70. The monoisotopic (exact) mass is 606 g/mol. The number of esters is 1. The summed E-state index contributed by atoms with van der Waals surface area (Å²) in [7, 11) is 1.99. The quantitative estimate of drug-likeness (QED) is 0.0438. The Bertz CT molecular complexity index is 777. The number of carbonyl (C=O) groups is 1. The van der Waals surface area contributed by atoms with Crippen LogP contribution in [-0.2, 0) is 14.3 Å². The molecular formula is C39H75NO3. The van der Waals surface area contributed by atoms with E-state index < -0.39 is 0 Å². The predicted molar refractivity (Wildman–Crippen MR) is 188 cm³/mol. The molecule has 0 aliphatic rings. The number of hydrogen-bond donors (Lipinski definition) is 1. The van der Waals surface area contributed by atoms with Crippen LogP contribution in [0.5, 0.6) is 0 Å². The minimum absolute atomic E-state index is 0.0262. The molecule has 0 saturated carbocycles. The lowest BCUT2D eigenvalue weighted by molar-refractivity contribution is -0.152. The third-order valence-corrected chi connectivity index (χ3v) is 9.61. The minimum Gasteiger partial charge on any atom is -0.495 e. The SMILES string of the molecule is C=C(CCCC(C)(C)C(C)(C)CCCC(CCCC)OC(=O)CC(C)(C)CC(C)(C)CNC)OC/C=C\CCCCCC. The zero-order valence-electron chi connectivity index (χ0n) is 30.9. The molecule has 0 aliphatic heterocycles. The fourth-order valence-electron chi connectivity index (χ4n) is 6.50. The number of allylic oxidation sites excluding steroid dienone is 2. The van der Waals surface area contributed by atoms with Crippen LogP contribution < -0.4 is 5.32 Å². The van der Waals surface area contributed by atoms with E-state index in [1.54, 1.807) is 0 Å². The highest BCUT2D eigenvalue weighted by atomic mass is 16.5. The molecule has 0 radical (unpaired) electrons. The lowest BCUT2D eigenvalue weighted by Crippen LogP contribution is -2.34. The molecule has 4 heteroatoms. The third kappa shape index (κ3) is 20.4. The van der Waals surface area contributed by atoms with Gasteiger partial charge >= 0.3 is 5.97 Å². The highest BCUT2D eigenvalue weighted by Gasteiger charge is 2.36. The largest absolute Gasteiger partial charge is 0.495 e. The maximum Gasteiger partial charge on any atom is 0.306 e. The molecule has 0 fully saturated rings. The van der Waals surface area contributed by atoms with Crippen molar-refractivity contribution in [3.05, 3.63) is 24.5 Å². The second-order valence-electron chi connectivity index (χ2n) is 16.2. The smallest absolute Gasteiger partial charge is 0.306 e. The van der Waals surface area contributed by atoms with Gasteiger partial charge in [0.05, 0.1) is 12.2 Å². The van der Waals surface area contributed by atoms with Gasteiger partial charge in [0.25, 0.3) is 0 Å². The summed E-state index contributed by atoms with van der Waals surface area (Å²) in [6.45, 7) is 28.8. The zero-order valence-corrected chi connectivity index (χ0v) is 30.9. The lowest BCUT2D eigenvalue weighted by atomic mass is 9.63. The lowest BCUT2D eigenvalue weighted by Gasteiger charge is -2.42. The Labute approximate surface area is 269 Å². The van der Waals surface area contributed by atoms with Crippen molar-refractivity contribution in [3.8, 4) is 0 Å². The first-order valence-corrected chi connectivity index (χ1v) is 17.8. The van der Waals surface area contributed by atoms with Gasteiger partial charge in [-0.1, -0.05) is 120 Å². The number of nitrogens with one attached hydrogen (secondary N) is 1. The van der Waals surface area contributed by atoms with Gasteiger partial charge in [-0.2, -0.15) is 0 Å². The number of rotatable bonds is 27. The van der Waals surface area contributed by atoms with Crippen LogP contribution in [0.15, 0.2) is 24.5 Å². The molecule has 0 saturated heterocycles. The maximum absolute atomic E-state index is 13.1. The van der Waals surface area contributed by atoms with Gasteiger partial charge in [-0.25, -0.2) is 0 Å². The molecule has 254 valence electrons. The van der Waals surface area contributed by atoms with Gasteiger partial charge in [0.1, 0.15) is 12.7 Å². The van der Waals surface area contributed by atoms with E-state index in [-0.39, 0.29) is 33.7 Å². The minimum atomic E-state index is -0.0836. The van der Waals surface area contributed by atoms with Crippen LogP contribution in [0.2, 0.25) is 0 Å². The Hall–Kier alpha value is -1.29. The van der Waals surface area contributed by atoms with Crippen LogP contribution in [-0.4, -0.2) is 32.3 Å². The van der Waals surface area contributed by atoms with Gasteiger partial charge in [0, 0.05) is 6.42 Å². The first-order chi connectivity index (χ1) is 20.0. The molecule has 1 unspecified atom stereocenters. The molecule has 0 aliphatic carbocycles. The van der Waals surface area contributed by atoms with E-state index >= 15 is 0 Å². The molecule has 0 aromatic heterocycles. The number of unbranched alkanes of at least 4 members (excludes halogenated alkanes) is 5. The first-order valence-electron chi connectivity index (χ1n) is 17.8. The van der Waals surface area contributed by atoms with Crippen molar-refractivity contribution in [2.75, 3.05) is 20.2 Å². The van der Waals surface area contributed by atoms with Gasteiger partial charge in [-0.15, -0.1) is 0 Å². The summed E-state index contributed by atoms with van der Waals surface area (Å²) in [6, 6.07) is 0. The molecule has 1 N–H and O–H groups in total. The Morgan fingerprint density at radius 1 is 0.791 bits per heavy atom. The van der Waals surface area contributed by atoms with Crippen LogP contribution in [0.3, 0.4) is 0 Å². The van der Waals surface area contributed by atoms with E-state index in [0.717, 1.165) is 82.9 Å². The first kappa shape index (κ1) is 41.7. The Morgan fingerprint density at radius 3 is 2.00 bits per heavy atom. The van der Waals surface area contributed by atoms with Gasteiger partial charge in [-0.05, 0) is 93.0 Å². The number of carbonyl (C=O) groups excluding carboxylic acids is 1. The van der Waals surface area contributed by atoms with Crippen molar-refractivity contribution in [2.24, 2.45) is 21.7 Å². The Balaban J connectivity index is 4.70. The average molecular weight is 606 g/mol. The average Bonchev–Trinajstić information content (AvgIpc) is 2.87.